The number of benzene rings is 1. The van der Waals surface area contributed by atoms with Crippen LogP contribution in [0.3, 0.4) is 0 Å². The van der Waals surface area contributed by atoms with E-state index in [1.54, 1.807) is 22.8 Å². The molecule has 2 heterocycles. The Hall–Kier alpha value is -2.48. The van der Waals surface area contributed by atoms with Crippen LogP contribution in [0.5, 0.6) is 0 Å². The second kappa shape index (κ2) is 9.12. The SMILES string of the molecule is C[C@H]1CCCC[C@@H]1NC(=S)NNC(=O)c1ccc2c(=O)n3c(nc2c1)CCCCC3. The van der Waals surface area contributed by atoms with Gasteiger partial charge in [0.05, 0.1) is 10.9 Å². The second-order valence-corrected chi connectivity index (χ2v) is 8.86. The number of aryl methyl sites for hydroxylation is 1. The van der Waals surface area contributed by atoms with Gasteiger partial charge in [-0.3, -0.25) is 25.0 Å². The third-order valence-electron chi connectivity index (χ3n) is 6.30. The minimum absolute atomic E-state index is 0.0195. The van der Waals surface area contributed by atoms with Crippen molar-refractivity contribution in [3.8, 4) is 0 Å². The molecule has 1 amide bonds. The standard InChI is InChI=1S/C22H29N5O2S/c1-14-7-4-5-8-17(14)24-22(30)26-25-20(28)15-10-11-16-18(13-15)23-19-9-3-2-6-12-27(19)21(16)29/h10-11,13-14,17H,2-9,12H2,1H3,(H,25,28)(H2,24,26,30)/t14-,17-/m0/s1. The molecule has 2 aromatic rings. The topological polar surface area (TPSA) is 88.0 Å². The van der Waals surface area contributed by atoms with E-state index in [0.717, 1.165) is 37.9 Å². The van der Waals surface area contributed by atoms with Gasteiger partial charge < -0.3 is 5.32 Å². The largest absolute Gasteiger partial charge is 0.358 e. The Bertz CT molecular complexity index is 1020. The maximum absolute atomic E-state index is 12.8. The Morgan fingerprint density at radius 3 is 2.80 bits per heavy atom. The molecule has 0 radical (unpaired) electrons. The van der Waals surface area contributed by atoms with Crippen molar-refractivity contribution in [3.63, 3.8) is 0 Å². The highest BCUT2D eigenvalue weighted by atomic mass is 32.1. The lowest BCUT2D eigenvalue weighted by Crippen LogP contribution is -2.51. The van der Waals surface area contributed by atoms with Crippen molar-refractivity contribution >= 4 is 34.1 Å². The summed E-state index contributed by atoms with van der Waals surface area (Å²) in [5, 5.41) is 4.27. The van der Waals surface area contributed by atoms with Crippen molar-refractivity contribution in [2.45, 2.75) is 70.9 Å². The Labute approximate surface area is 181 Å². The zero-order chi connectivity index (χ0) is 21.1. The molecule has 30 heavy (non-hydrogen) atoms. The number of fused-ring (bicyclic) bond motifs is 2. The molecule has 1 aromatic carbocycles. The molecule has 2 aliphatic rings. The van der Waals surface area contributed by atoms with Gasteiger partial charge in [0.15, 0.2) is 5.11 Å². The number of hydrogen-bond acceptors (Lipinski definition) is 4. The van der Waals surface area contributed by atoms with E-state index in [2.05, 4.69) is 28.1 Å². The average Bonchev–Trinajstić information content (AvgIpc) is 2.99. The summed E-state index contributed by atoms with van der Waals surface area (Å²) in [7, 11) is 0. The molecule has 0 unspecified atom stereocenters. The number of aromatic nitrogens is 2. The Kier molecular flexibility index (Phi) is 6.32. The predicted molar refractivity (Wildman–Crippen MR) is 121 cm³/mol. The van der Waals surface area contributed by atoms with Crippen molar-refractivity contribution in [1.82, 2.24) is 25.7 Å². The second-order valence-electron chi connectivity index (χ2n) is 8.45. The molecule has 4 rings (SSSR count). The fraction of sp³-hybridized carbons (Fsp3) is 0.545. The predicted octanol–water partition coefficient (Wildman–Crippen LogP) is 2.81. The number of hydrogen-bond donors (Lipinski definition) is 3. The monoisotopic (exact) mass is 427 g/mol. The number of carbonyl (C=O) groups is 1. The first-order chi connectivity index (χ1) is 14.5. The van der Waals surface area contributed by atoms with E-state index in [9.17, 15) is 9.59 Å². The highest BCUT2D eigenvalue weighted by Gasteiger charge is 2.22. The molecule has 2 atom stereocenters. The van der Waals surface area contributed by atoms with Gasteiger partial charge in [-0.05, 0) is 62.0 Å². The van der Waals surface area contributed by atoms with E-state index in [0.29, 0.717) is 40.1 Å². The summed E-state index contributed by atoms with van der Waals surface area (Å²) in [5.74, 6) is 1.07. The van der Waals surface area contributed by atoms with Crippen LogP contribution in [0.4, 0.5) is 0 Å². The van der Waals surface area contributed by atoms with Gasteiger partial charge in [-0.15, -0.1) is 0 Å². The molecule has 0 spiro atoms. The number of amides is 1. The third-order valence-corrected chi connectivity index (χ3v) is 6.52. The zero-order valence-corrected chi connectivity index (χ0v) is 18.2. The van der Waals surface area contributed by atoms with E-state index in [1.807, 2.05) is 0 Å². The van der Waals surface area contributed by atoms with Gasteiger partial charge in [0.2, 0.25) is 0 Å². The zero-order valence-electron chi connectivity index (χ0n) is 17.4. The summed E-state index contributed by atoms with van der Waals surface area (Å²) in [6, 6.07) is 5.37. The molecule has 1 saturated carbocycles. The van der Waals surface area contributed by atoms with Gasteiger partial charge in [-0.1, -0.05) is 26.2 Å². The Morgan fingerprint density at radius 2 is 1.97 bits per heavy atom. The fourth-order valence-corrected chi connectivity index (χ4v) is 4.68. The minimum atomic E-state index is -0.311. The van der Waals surface area contributed by atoms with Crippen molar-refractivity contribution in [1.29, 1.82) is 0 Å². The minimum Gasteiger partial charge on any atom is -0.358 e. The van der Waals surface area contributed by atoms with Gasteiger partial charge in [-0.25, -0.2) is 4.98 Å². The first-order valence-corrected chi connectivity index (χ1v) is 11.3. The lowest BCUT2D eigenvalue weighted by molar-refractivity contribution is 0.0943. The van der Waals surface area contributed by atoms with Crippen LogP contribution in [0.15, 0.2) is 23.0 Å². The number of nitrogens with one attached hydrogen (secondary N) is 3. The lowest BCUT2D eigenvalue weighted by atomic mass is 9.86. The summed E-state index contributed by atoms with van der Waals surface area (Å²) in [6.45, 7) is 2.94. The van der Waals surface area contributed by atoms with Gasteiger partial charge in [-0.2, -0.15) is 0 Å². The van der Waals surface area contributed by atoms with Crippen molar-refractivity contribution < 1.29 is 4.79 Å². The van der Waals surface area contributed by atoms with Crippen LogP contribution in [0.1, 0.15) is 68.1 Å². The van der Waals surface area contributed by atoms with E-state index >= 15 is 0 Å². The number of thiocarbonyl (C=S) groups is 1. The van der Waals surface area contributed by atoms with Crippen molar-refractivity contribution in [3.05, 3.63) is 39.9 Å². The van der Waals surface area contributed by atoms with Crippen LogP contribution in [-0.2, 0) is 13.0 Å². The summed E-state index contributed by atoms with van der Waals surface area (Å²) in [6.07, 6.45) is 8.68. The van der Waals surface area contributed by atoms with Crippen LogP contribution in [0.25, 0.3) is 10.9 Å². The molecule has 8 heteroatoms. The van der Waals surface area contributed by atoms with E-state index in [1.165, 1.54) is 19.3 Å². The van der Waals surface area contributed by atoms with Crippen LogP contribution in [-0.4, -0.2) is 26.6 Å². The summed E-state index contributed by atoms with van der Waals surface area (Å²) >= 11 is 5.34. The summed E-state index contributed by atoms with van der Waals surface area (Å²) in [4.78, 5) is 30.1. The number of hydrazine groups is 1. The van der Waals surface area contributed by atoms with Crippen molar-refractivity contribution in [2.24, 2.45) is 5.92 Å². The summed E-state index contributed by atoms with van der Waals surface area (Å²) in [5.41, 5.74) is 6.44. The molecule has 3 N–H and O–H groups in total. The van der Waals surface area contributed by atoms with E-state index in [4.69, 9.17) is 12.2 Å². The Balaban J connectivity index is 1.44. The molecule has 7 nitrogen and oxygen atoms in total. The third kappa shape index (κ3) is 4.48. The average molecular weight is 428 g/mol. The summed E-state index contributed by atoms with van der Waals surface area (Å²) < 4.78 is 1.78. The molecule has 1 aliphatic carbocycles. The van der Waals surface area contributed by atoms with Crippen LogP contribution >= 0.6 is 12.2 Å². The maximum atomic E-state index is 12.8. The molecule has 160 valence electrons. The normalized spacial score (nSPS) is 21.4. The highest BCUT2D eigenvalue weighted by Crippen LogP contribution is 2.23. The lowest BCUT2D eigenvalue weighted by Gasteiger charge is -2.30. The first kappa shape index (κ1) is 20.8. The van der Waals surface area contributed by atoms with Gasteiger partial charge in [0.25, 0.3) is 11.5 Å². The molecule has 0 bridgehead atoms. The van der Waals surface area contributed by atoms with Crippen LogP contribution < -0.4 is 21.7 Å². The molecule has 0 saturated heterocycles. The van der Waals surface area contributed by atoms with Crippen molar-refractivity contribution in [2.75, 3.05) is 0 Å². The van der Waals surface area contributed by atoms with Gasteiger partial charge in [0.1, 0.15) is 5.82 Å². The van der Waals surface area contributed by atoms with E-state index in [-0.39, 0.29) is 11.5 Å². The van der Waals surface area contributed by atoms with Gasteiger partial charge in [0, 0.05) is 24.6 Å². The van der Waals surface area contributed by atoms with E-state index < -0.39 is 0 Å². The number of nitrogens with zero attached hydrogens (tertiary/aromatic N) is 2. The maximum Gasteiger partial charge on any atom is 0.269 e. The number of carbonyl (C=O) groups excluding carboxylic acids is 1. The quantitative estimate of drug-likeness (QED) is 0.505. The molecular weight excluding hydrogens is 398 g/mol. The fourth-order valence-electron chi connectivity index (χ4n) is 4.48. The molecule has 1 fully saturated rings. The smallest absolute Gasteiger partial charge is 0.269 e. The Morgan fingerprint density at radius 1 is 1.13 bits per heavy atom. The first-order valence-electron chi connectivity index (χ1n) is 10.9. The van der Waals surface area contributed by atoms with Crippen LogP contribution in [0, 0.1) is 5.92 Å². The molecule has 1 aromatic heterocycles. The molecular formula is C22H29N5O2S. The van der Waals surface area contributed by atoms with Crippen LogP contribution in [0.2, 0.25) is 0 Å². The number of rotatable bonds is 2. The van der Waals surface area contributed by atoms with Gasteiger partial charge >= 0.3 is 0 Å². The highest BCUT2D eigenvalue weighted by molar-refractivity contribution is 7.80. The molecule has 1 aliphatic heterocycles.